The number of carbonyl (C=O) groups is 1. The highest BCUT2D eigenvalue weighted by Crippen LogP contribution is 2.33. The molecular weight excluding hydrogens is 359 g/mol. The number of anilines is 1. The molecule has 0 radical (unpaired) electrons. The van der Waals surface area contributed by atoms with Crippen LogP contribution in [0.4, 0.5) is 18.9 Å². The van der Waals surface area contributed by atoms with Gasteiger partial charge in [0.2, 0.25) is 5.91 Å². The Labute approximate surface area is 153 Å². The molecule has 0 spiro atoms. The number of nitrogens with zero attached hydrogens (tertiary/aromatic N) is 2. The summed E-state index contributed by atoms with van der Waals surface area (Å²) in [6, 6.07) is 12.7. The van der Waals surface area contributed by atoms with Crippen LogP contribution in [0.2, 0.25) is 0 Å². The van der Waals surface area contributed by atoms with Crippen LogP contribution in [-0.4, -0.2) is 12.5 Å². The predicted molar refractivity (Wildman–Crippen MR) is 90.6 cm³/mol. The van der Waals surface area contributed by atoms with E-state index in [0.29, 0.717) is 11.3 Å². The Balaban J connectivity index is 2.01. The molecule has 8 heteroatoms. The standard InChI is InChI=1S/C19H14F3N3O2/c1-12(11-27-16-6-2-13(9-23)3-7-16)18(26)25-15-5-4-14(10-24)17(8-15)19(20,21)22/h2-8,12H,11H2,1H3,(H,25,26)/t12-/m0/s1. The number of nitriles is 2. The van der Waals surface area contributed by atoms with Crippen molar-refractivity contribution >= 4 is 11.6 Å². The maximum absolute atomic E-state index is 13.0. The smallest absolute Gasteiger partial charge is 0.417 e. The van der Waals surface area contributed by atoms with E-state index < -0.39 is 29.1 Å². The fraction of sp³-hybridized carbons (Fsp3) is 0.211. The van der Waals surface area contributed by atoms with Gasteiger partial charge < -0.3 is 10.1 Å². The molecule has 2 rings (SSSR count). The lowest BCUT2D eigenvalue weighted by molar-refractivity contribution is -0.137. The molecule has 0 saturated heterocycles. The van der Waals surface area contributed by atoms with Gasteiger partial charge in [0.1, 0.15) is 5.75 Å². The molecule has 0 aliphatic rings. The molecule has 5 nitrogen and oxygen atoms in total. The minimum Gasteiger partial charge on any atom is -0.493 e. The van der Waals surface area contributed by atoms with Crippen molar-refractivity contribution in [1.29, 1.82) is 10.5 Å². The summed E-state index contributed by atoms with van der Waals surface area (Å²) in [5.74, 6) is -0.710. The van der Waals surface area contributed by atoms with E-state index in [0.717, 1.165) is 12.1 Å². The number of benzene rings is 2. The summed E-state index contributed by atoms with van der Waals surface area (Å²) in [6.45, 7) is 1.56. The lowest BCUT2D eigenvalue weighted by Crippen LogP contribution is -2.25. The van der Waals surface area contributed by atoms with Gasteiger partial charge in [0, 0.05) is 5.69 Å². The van der Waals surface area contributed by atoms with Gasteiger partial charge in [-0.3, -0.25) is 4.79 Å². The first kappa shape index (κ1) is 19.8. The van der Waals surface area contributed by atoms with Crippen molar-refractivity contribution in [2.45, 2.75) is 13.1 Å². The van der Waals surface area contributed by atoms with Crippen LogP contribution in [0.25, 0.3) is 0 Å². The molecule has 0 heterocycles. The summed E-state index contributed by atoms with van der Waals surface area (Å²) < 4.78 is 44.4. The molecule has 2 aromatic carbocycles. The van der Waals surface area contributed by atoms with Crippen molar-refractivity contribution in [1.82, 2.24) is 0 Å². The Morgan fingerprint density at radius 1 is 1.15 bits per heavy atom. The molecule has 1 atom stereocenters. The van der Waals surface area contributed by atoms with Gasteiger partial charge in [-0.25, -0.2) is 0 Å². The van der Waals surface area contributed by atoms with Crippen LogP contribution in [-0.2, 0) is 11.0 Å². The van der Waals surface area contributed by atoms with Crippen LogP contribution in [0.15, 0.2) is 42.5 Å². The summed E-state index contributed by atoms with van der Waals surface area (Å²) >= 11 is 0. The normalized spacial score (nSPS) is 11.8. The van der Waals surface area contributed by atoms with Gasteiger partial charge in [0.05, 0.1) is 41.4 Å². The molecule has 0 fully saturated rings. The van der Waals surface area contributed by atoms with Crippen LogP contribution in [0.5, 0.6) is 5.75 Å². The average molecular weight is 373 g/mol. The third kappa shape index (κ3) is 5.23. The Morgan fingerprint density at radius 2 is 1.81 bits per heavy atom. The fourth-order valence-electron chi connectivity index (χ4n) is 2.14. The van der Waals surface area contributed by atoms with Gasteiger partial charge in [0.15, 0.2) is 0 Å². The van der Waals surface area contributed by atoms with Crippen molar-refractivity contribution in [2.75, 3.05) is 11.9 Å². The summed E-state index contributed by atoms with van der Waals surface area (Å²) in [4.78, 5) is 12.2. The average Bonchev–Trinajstić information content (AvgIpc) is 2.65. The van der Waals surface area contributed by atoms with Crippen molar-refractivity contribution in [3.63, 3.8) is 0 Å². The number of hydrogen-bond acceptors (Lipinski definition) is 4. The van der Waals surface area contributed by atoms with E-state index in [4.69, 9.17) is 15.3 Å². The quantitative estimate of drug-likeness (QED) is 0.855. The van der Waals surface area contributed by atoms with Crippen LogP contribution >= 0.6 is 0 Å². The molecule has 0 bridgehead atoms. The number of rotatable bonds is 5. The highest BCUT2D eigenvalue weighted by molar-refractivity contribution is 5.92. The van der Waals surface area contributed by atoms with Gasteiger partial charge in [-0.1, -0.05) is 6.92 Å². The number of alkyl halides is 3. The van der Waals surface area contributed by atoms with Crippen LogP contribution < -0.4 is 10.1 Å². The van der Waals surface area contributed by atoms with E-state index in [1.807, 2.05) is 6.07 Å². The number of carbonyl (C=O) groups excluding carboxylic acids is 1. The van der Waals surface area contributed by atoms with Gasteiger partial charge in [-0.15, -0.1) is 0 Å². The molecule has 0 aromatic heterocycles. The van der Waals surface area contributed by atoms with Crippen LogP contribution in [0.3, 0.4) is 0 Å². The number of halogens is 3. The first-order valence-corrected chi connectivity index (χ1v) is 7.79. The van der Waals surface area contributed by atoms with E-state index in [-0.39, 0.29) is 12.3 Å². The Morgan fingerprint density at radius 3 is 2.37 bits per heavy atom. The maximum Gasteiger partial charge on any atom is 0.417 e. The fourth-order valence-corrected chi connectivity index (χ4v) is 2.14. The summed E-state index contributed by atoms with van der Waals surface area (Å²) in [7, 11) is 0. The predicted octanol–water partition coefficient (Wildman–Crippen LogP) is 4.10. The van der Waals surface area contributed by atoms with E-state index in [2.05, 4.69) is 5.32 Å². The second-order valence-electron chi connectivity index (χ2n) is 5.71. The number of hydrogen-bond donors (Lipinski definition) is 1. The minimum absolute atomic E-state index is 0.000140. The summed E-state index contributed by atoms with van der Waals surface area (Å²) in [6.07, 6.45) is -4.70. The second-order valence-corrected chi connectivity index (χ2v) is 5.71. The number of ether oxygens (including phenoxy) is 1. The largest absolute Gasteiger partial charge is 0.493 e. The third-order valence-corrected chi connectivity index (χ3v) is 3.64. The zero-order chi connectivity index (χ0) is 20.0. The second kappa shape index (κ2) is 8.24. The summed E-state index contributed by atoms with van der Waals surface area (Å²) in [5.41, 5.74) is -1.21. The molecular formula is C19H14F3N3O2. The zero-order valence-electron chi connectivity index (χ0n) is 14.2. The van der Waals surface area contributed by atoms with Crippen molar-refractivity contribution in [3.8, 4) is 17.9 Å². The van der Waals surface area contributed by atoms with E-state index in [1.54, 1.807) is 31.2 Å². The molecule has 2 aromatic rings. The first-order chi connectivity index (χ1) is 12.7. The molecule has 27 heavy (non-hydrogen) atoms. The minimum atomic E-state index is -4.70. The lowest BCUT2D eigenvalue weighted by Gasteiger charge is -2.15. The van der Waals surface area contributed by atoms with Gasteiger partial charge in [-0.05, 0) is 42.5 Å². The van der Waals surface area contributed by atoms with Crippen LogP contribution in [0.1, 0.15) is 23.6 Å². The Kier molecular flexibility index (Phi) is 6.04. The van der Waals surface area contributed by atoms with Crippen molar-refractivity contribution < 1.29 is 22.7 Å². The monoisotopic (exact) mass is 373 g/mol. The van der Waals surface area contributed by atoms with Gasteiger partial charge >= 0.3 is 6.18 Å². The Bertz CT molecular complexity index is 910. The van der Waals surface area contributed by atoms with E-state index in [9.17, 15) is 18.0 Å². The highest BCUT2D eigenvalue weighted by Gasteiger charge is 2.34. The maximum atomic E-state index is 13.0. The third-order valence-electron chi connectivity index (χ3n) is 3.64. The van der Waals surface area contributed by atoms with Crippen molar-refractivity contribution in [3.05, 3.63) is 59.2 Å². The van der Waals surface area contributed by atoms with E-state index in [1.165, 1.54) is 12.1 Å². The molecule has 0 unspecified atom stereocenters. The number of amides is 1. The Hall–Kier alpha value is -3.52. The first-order valence-electron chi connectivity index (χ1n) is 7.79. The van der Waals surface area contributed by atoms with Gasteiger partial charge in [-0.2, -0.15) is 23.7 Å². The molecule has 0 aliphatic heterocycles. The molecule has 0 saturated carbocycles. The molecule has 1 amide bonds. The molecule has 138 valence electrons. The number of nitrogens with one attached hydrogen (secondary N) is 1. The topological polar surface area (TPSA) is 85.9 Å². The highest BCUT2D eigenvalue weighted by atomic mass is 19.4. The molecule has 0 aliphatic carbocycles. The van der Waals surface area contributed by atoms with Crippen molar-refractivity contribution in [2.24, 2.45) is 5.92 Å². The molecule has 1 N–H and O–H groups in total. The lowest BCUT2D eigenvalue weighted by atomic mass is 10.1. The zero-order valence-corrected chi connectivity index (χ0v) is 14.2. The van der Waals surface area contributed by atoms with E-state index >= 15 is 0 Å². The summed E-state index contributed by atoms with van der Waals surface area (Å²) in [5, 5.41) is 19.9. The SMILES string of the molecule is C[C@@H](COc1ccc(C#N)cc1)C(=O)Nc1ccc(C#N)c(C(F)(F)F)c1. The van der Waals surface area contributed by atoms with Crippen LogP contribution in [0, 0.1) is 28.6 Å². The van der Waals surface area contributed by atoms with Gasteiger partial charge in [0.25, 0.3) is 0 Å².